The predicted molar refractivity (Wildman–Crippen MR) is 81.5 cm³/mol. The fourth-order valence-electron chi connectivity index (χ4n) is 3.32. The van der Waals surface area contributed by atoms with Gasteiger partial charge in [-0.05, 0) is 25.2 Å². The molecule has 0 radical (unpaired) electrons. The summed E-state index contributed by atoms with van der Waals surface area (Å²) in [5.41, 5.74) is 0.475. The van der Waals surface area contributed by atoms with Crippen LogP contribution in [0.5, 0.6) is 0 Å². The van der Waals surface area contributed by atoms with Gasteiger partial charge in [0.05, 0.1) is 6.33 Å². The van der Waals surface area contributed by atoms with Gasteiger partial charge in [0.2, 0.25) is 0 Å². The van der Waals surface area contributed by atoms with Crippen LogP contribution in [0.3, 0.4) is 0 Å². The molecule has 0 aliphatic heterocycles. The van der Waals surface area contributed by atoms with Crippen molar-refractivity contribution in [1.29, 1.82) is 0 Å². The number of hydrogen-bond donors (Lipinski definition) is 1. The Kier molecular flexibility index (Phi) is 3.94. The third-order valence-electron chi connectivity index (χ3n) is 4.41. The van der Waals surface area contributed by atoms with Gasteiger partial charge in [-0.2, -0.15) is 0 Å². The molecule has 0 aromatic carbocycles. The highest BCUT2D eigenvalue weighted by Gasteiger charge is 2.19. The number of nitrogens with zero attached hydrogens (tertiary/aromatic N) is 3. The van der Waals surface area contributed by atoms with E-state index in [1.54, 1.807) is 4.57 Å². The van der Waals surface area contributed by atoms with Gasteiger partial charge in [0.15, 0.2) is 5.65 Å². The van der Waals surface area contributed by atoms with Crippen LogP contribution in [-0.4, -0.2) is 19.1 Å². The second-order valence-corrected chi connectivity index (χ2v) is 5.96. The molecule has 1 N–H and O–H groups in total. The minimum atomic E-state index is -0.231. The van der Waals surface area contributed by atoms with Crippen LogP contribution in [-0.2, 0) is 13.1 Å². The fourth-order valence-corrected chi connectivity index (χ4v) is 3.32. The number of fused-ring (bicyclic) bond motifs is 1. The van der Waals surface area contributed by atoms with Crippen molar-refractivity contribution >= 4 is 11.2 Å². The van der Waals surface area contributed by atoms with Crippen LogP contribution in [0.1, 0.15) is 45.4 Å². The van der Waals surface area contributed by atoms with Gasteiger partial charge in [-0.15, -0.1) is 0 Å². The van der Waals surface area contributed by atoms with Crippen LogP contribution in [0, 0.1) is 5.92 Å². The summed E-state index contributed by atoms with van der Waals surface area (Å²) in [7, 11) is 0. The van der Waals surface area contributed by atoms with Crippen LogP contribution in [0.15, 0.2) is 15.9 Å². The molecular formula is C15H22N4O2. The van der Waals surface area contributed by atoms with E-state index in [-0.39, 0.29) is 11.2 Å². The first-order valence-corrected chi connectivity index (χ1v) is 7.89. The first-order chi connectivity index (χ1) is 10.2. The van der Waals surface area contributed by atoms with Gasteiger partial charge in [-0.1, -0.05) is 26.2 Å². The number of H-pyrrole nitrogens is 1. The maximum Gasteiger partial charge on any atom is 0.332 e. The van der Waals surface area contributed by atoms with E-state index in [1.165, 1.54) is 30.2 Å². The standard InChI is InChI=1S/C15H22N4O2/c1-2-8-18-13-12(16-10-17-13)14(20)19(15(18)21)9-11-6-4-3-5-7-11/h10-11H,2-9H2,1H3,(H,16,17). The molecule has 0 atom stereocenters. The summed E-state index contributed by atoms with van der Waals surface area (Å²) in [6.45, 7) is 3.14. The van der Waals surface area contributed by atoms with E-state index < -0.39 is 0 Å². The van der Waals surface area contributed by atoms with E-state index in [4.69, 9.17) is 0 Å². The zero-order valence-corrected chi connectivity index (χ0v) is 12.5. The highest BCUT2D eigenvalue weighted by molar-refractivity contribution is 5.68. The molecular weight excluding hydrogens is 268 g/mol. The van der Waals surface area contributed by atoms with Gasteiger partial charge in [0.25, 0.3) is 5.56 Å². The molecule has 6 heteroatoms. The summed E-state index contributed by atoms with van der Waals surface area (Å²) in [6, 6.07) is 0. The lowest BCUT2D eigenvalue weighted by atomic mass is 9.89. The smallest absolute Gasteiger partial charge is 0.332 e. The van der Waals surface area contributed by atoms with Crippen LogP contribution in [0.4, 0.5) is 0 Å². The first-order valence-electron chi connectivity index (χ1n) is 7.89. The van der Waals surface area contributed by atoms with Crippen LogP contribution in [0.25, 0.3) is 11.2 Å². The summed E-state index contributed by atoms with van der Waals surface area (Å²) < 4.78 is 3.03. The summed E-state index contributed by atoms with van der Waals surface area (Å²) in [5.74, 6) is 0.444. The number of aromatic nitrogens is 4. The first kappa shape index (κ1) is 14.1. The lowest BCUT2D eigenvalue weighted by molar-refractivity contribution is 0.309. The molecule has 21 heavy (non-hydrogen) atoms. The van der Waals surface area contributed by atoms with Crippen molar-refractivity contribution in [2.24, 2.45) is 5.92 Å². The molecule has 0 spiro atoms. The molecule has 114 valence electrons. The monoisotopic (exact) mass is 290 g/mol. The lowest BCUT2D eigenvalue weighted by Gasteiger charge is -2.22. The number of rotatable bonds is 4. The molecule has 1 aliphatic rings. The molecule has 6 nitrogen and oxygen atoms in total. The Bertz CT molecular complexity index is 734. The average Bonchev–Trinajstić information content (AvgIpc) is 2.98. The molecule has 2 aromatic heterocycles. The van der Waals surface area contributed by atoms with E-state index in [2.05, 4.69) is 9.97 Å². The van der Waals surface area contributed by atoms with Crippen molar-refractivity contribution in [3.8, 4) is 0 Å². The lowest BCUT2D eigenvalue weighted by Crippen LogP contribution is -2.41. The maximum absolute atomic E-state index is 12.6. The van der Waals surface area contributed by atoms with Gasteiger partial charge in [-0.3, -0.25) is 13.9 Å². The van der Waals surface area contributed by atoms with Crippen molar-refractivity contribution in [3.05, 3.63) is 27.2 Å². The molecule has 0 bridgehead atoms. The number of nitrogens with one attached hydrogen (secondary N) is 1. The van der Waals surface area contributed by atoms with Gasteiger partial charge >= 0.3 is 5.69 Å². The van der Waals surface area contributed by atoms with E-state index in [0.717, 1.165) is 19.3 Å². The van der Waals surface area contributed by atoms with Crippen molar-refractivity contribution in [2.75, 3.05) is 0 Å². The van der Waals surface area contributed by atoms with E-state index in [0.29, 0.717) is 30.2 Å². The van der Waals surface area contributed by atoms with E-state index in [9.17, 15) is 9.59 Å². The molecule has 0 unspecified atom stereocenters. The molecule has 2 heterocycles. The summed E-state index contributed by atoms with van der Waals surface area (Å²) in [6.07, 6.45) is 8.22. The second kappa shape index (κ2) is 5.87. The Morgan fingerprint density at radius 3 is 2.71 bits per heavy atom. The van der Waals surface area contributed by atoms with E-state index >= 15 is 0 Å². The van der Waals surface area contributed by atoms with Crippen molar-refractivity contribution < 1.29 is 0 Å². The summed E-state index contributed by atoms with van der Waals surface area (Å²) in [5, 5.41) is 0. The molecule has 1 saturated carbocycles. The summed E-state index contributed by atoms with van der Waals surface area (Å²) >= 11 is 0. The normalized spacial score (nSPS) is 16.6. The van der Waals surface area contributed by atoms with Gasteiger partial charge in [-0.25, -0.2) is 9.78 Å². The Labute approximate surface area is 122 Å². The third kappa shape index (κ3) is 2.54. The number of hydrogen-bond acceptors (Lipinski definition) is 3. The zero-order chi connectivity index (χ0) is 14.8. The Hall–Kier alpha value is -1.85. The van der Waals surface area contributed by atoms with Crippen molar-refractivity contribution in [3.63, 3.8) is 0 Å². The fraction of sp³-hybridized carbons (Fsp3) is 0.667. The number of aryl methyl sites for hydroxylation is 1. The quantitative estimate of drug-likeness (QED) is 0.934. The van der Waals surface area contributed by atoms with E-state index in [1.807, 2.05) is 6.92 Å². The van der Waals surface area contributed by atoms with Gasteiger partial charge in [0.1, 0.15) is 5.52 Å². The van der Waals surface area contributed by atoms with Crippen LogP contribution < -0.4 is 11.2 Å². The zero-order valence-electron chi connectivity index (χ0n) is 12.5. The SMILES string of the molecule is CCCn1c(=O)n(CC2CCCCC2)c(=O)c2[nH]cnc21. The molecule has 3 rings (SSSR count). The Morgan fingerprint density at radius 1 is 1.24 bits per heavy atom. The maximum atomic E-state index is 12.6. The molecule has 2 aromatic rings. The third-order valence-corrected chi connectivity index (χ3v) is 4.41. The highest BCUT2D eigenvalue weighted by atomic mass is 16.2. The van der Waals surface area contributed by atoms with Gasteiger partial charge in [0, 0.05) is 13.1 Å². The molecule has 0 saturated heterocycles. The molecule has 1 aliphatic carbocycles. The molecule has 0 amide bonds. The van der Waals surface area contributed by atoms with Crippen LogP contribution >= 0.6 is 0 Å². The minimum absolute atomic E-state index is 0.216. The number of imidazole rings is 1. The minimum Gasteiger partial charge on any atom is -0.339 e. The Morgan fingerprint density at radius 2 is 2.00 bits per heavy atom. The topological polar surface area (TPSA) is 72.7 Å². The van der Waals surface area contributed by atoms with Crippen molar-refractivity contribution in [1.82, 2.24) is 19.1 Å². The largest absolute Gasteiger partial charge is 0.339 e. The second-order valence-electron chi connectivity index (χ2n) is 5.96. The molecule has 1 fully saturated rings. The highest BCUT2D eigenvalue weighted by Crippen LogP contribution is 2.24. The van der Waals surface area contributed by atoms with Crippen LogP contribution in [0.2, 0.25) is 0 Å². The predicted octanol–water partition coefficient (Wildman–Crippen LogP) is 1.88. The van der Waals surface area contributed by atoms with Gasteiger partial charge < -0.3 is 4.98 Å². The summed E-state index contributed by atoms with van der Waals surface area (Å²) in [4.78, 5) is 32.2. The number of aromatic amines is 1. The van der Waals surface area contributed by atoms with Crippen molar-refractivity contribution in [2.45, 2.75) is 58.5 Å². The average molecular weight is 290 g/mol. The Balaban J connectivity index is 2.08.